The molecule has 13 heavy (non-hydrogen) atoms. The van der Waals surface area contributed by atoms with E-state index in [1.807, 2.05) is 37.3 Å². The average Bonchev–Trinajstić information content (AvgIpc) is 2.17. The van der Waals surface area contributed by atoms with E-state index >= 15 is 0 Å². The van der Waals surface area contributed by atoms with Crippen LogP contribution in [0.5, 0.6) is 5.75 Å². The van der Waals surface area contributed by atoms with E-state index in [4.69, 9.17) is 9.57 Å². The van der Waals surface area contributed by atoms with Crippen molar-refractivity contribution in [2.24, 2.45) is 5.16 Å². The van der Waals surface area contributed by atoms with Crippen LogP contribution in [0.25, 0.3) is 0 Å². The first-order chi connectivity index (χ1) is 6.33. The van der Waals surface area contributed by atoms with Gasteiger partial charge in [0.15, 0.2) is 5.75 Å². The van der Waals surface area contributed by atoms with Crippen molar-refractivity contribution in [1.29, 1.82) is 0 Å². The zero-order valence-electron chi connectivity index (χ0n) is 7.86. The fourth-order valence-corrected chi connectivity index (χ4v) is 0.834. The van der Waals surface area contributed by atoms with Crippen molar-refractivity contribution >= 4 is 5.90 Å². The van der Waals surface area contributed by atoms with Gasteiger partial charge >= 0.3 is 0 Å². The predicted octanol–water partition coefficient (Wildman–Crippen LogP) is 2.44. The molecule has 0 radical (unpaired) electrons. The fraction of sp³-hybridized carbons (Fsp3) is 0.300. The second-order valence-corrected chi connectivity index (χ2v) is 2.45. The molecule has 0 amide bonds. The largest absolute Gasteiger partial charge is 0.479 e. The van der Waals surface area contributed by atoms with Crippen molar-refractivity contribution in [3.63, 3.8) is 0 Å². The van der Waals surface area contributed by atoms with Gasteiger partial charge in [-0.25, -0.2) is 0 Å². The zero-order chi connectivity index (χ0) is 9.52. The van der Waals surface area contributed by atoms with Gasteiger partial charge in [0.05, 0.1) is 6.61 Å². The minimum absolute atomic E-state index is 0.534. The summed E-state index contributed by atoms with van der Waals surface area (Å²) in [7, 11) is 0. The molecule has 1 rings (SSSR count). The quantitative estimate of drug-likeness (QED) is 0.405. The molecule has 0 aromatic heterocycles. The third kappa shape index (κ3) is 3.60. The summed E-state index contributed by atoms with van der Waals surface area (Å²) in [5, 5.41) is 3.78. The first-order valence-electron chi connectivity index (χ1n) is 4.22. The van der Waals surface area contributed by atoms with Gasteiger partial charge in [-0.2, -0.15) is 0 Å². The number of ether oxygens (including phenoxy) is 1. The van der Waals surface area contributed by atoms with Crippen LogP contribution in [-0.4, -0.2) is 12.5 Å². The number of nitrogens with zero attached hydrogens (tertiary/aromatic N) is 1. The molecule has 1 aromatic carbocycles. The molecule has 0 heterocycles. The van der Waals surface area contributed by atoms with Gasteiger partial charge in [-0.05, 0) is 24.2 Å². The Morgan fingerprint density at radius 2 is 2.00 bits per heavy atom. The van der Waals surface area contributed by atoms with Crippen LogP contribution >= 0.6 is 0 Å². The highest BCUT2D eigenvalue weighted by Crippen LogP contribution is 2.08. The van der Waals surface area contributed by atoms with Gasteiger partial charge in [0.25, 0.3) is 0 Å². The lowest BCUT2D eigenvalue weighted by molar-refractivity contribution is 0.276. The lowest BCUT2D eigenvalue weighted by Crippen LogP contribution is -2.00. The van der Waals surface area contributed by atoms with E-state index in [2.05, 4.69) is 5.16 Å². The second kappa shape index (κ2) is 5.19. The maximum absolute atomic E-state index is 5.09. The highest BCUT2D eigenvalue weighted by molar-refractivity contribution is 5.72. The van der Waals surface area contributed by atoms with E-state index in [0.29, 0.717) is 18.3 Å². The Kier molecular flexibility index (Phi) is 3.82. The zero-order valence-corrected chi connectivity index (χ0v) is 7.86. The Balaban J connectivity index is 2.47. The Morgan fingerprint density at radius 3 is 2.62 bits per heavy atom. The van der Waals surface area contributed by atoms with Crippen LogP contribution in [0, 0.1) is 0 Å². The molecular formula is C10H13NO2. The Morgan fingerprint density at radius 1 is 1.31 bits per heavy atom. The standard InChI is InChI=1S/C10H13NO2/c1-3-12-9(2)11-13-10-7-5-4-6-8-10/h4-8H,3H2,1-2H3. The molecule has 0 N–H and O–H groups in total. The van der Waals surface area contributed by atoms with Crippen molar-refractivity contribution in [1.82, 2.24) is 0 Å². The second-order valence-electron chi connectivity index (χ2n) is 2.45. The van der Waals surface area contributed by atoms with Gasteiger partial charge in [-0.15, -0.1) is 0 Å². The number of benzene rings is 1. The molecule has 0 aliphatic heterocycles. The third-order valence-electron chi connectivity index (χ3n) is 1.38. The highest BCUT2D eigenvalue weighted by Gasteiger charge is 1.91. The molecule has 0 bridgehead atoms. The van der Waals surface area contributed by atoms with Crippen molar-refractivity contribution in [3.8, 4) is 5.75 Å². The molecule has 0 spiro atoms. The Labute approximate surface area is 78.0 Å². The third-order valence-corrected chi connectivity index (χ3v) is 1.38. The maximum atomic E-state index is 5.09. The highest BCUT2D eigenvalue weighted by atomic mass is 16.6. The molecule has 0 fully saturated rings. The van der Waals surface area contributed by atoms with Crippen LogP contribution < -0.4 is 4.84 Å². The van der Waals surface area contributed by atoms with Crippen molar-refractivity contribution in [2.75, 3.05) is 6.61 Å². The van der Waals surface area contributed by atoms with Crippen LogP contribution in [0.4, 0.5) is 0 Å². The summed E-state index contributed by atoms with van der Waals surface area (Å²) in [5.74, 6) is 1.24. The average molecular weight is 179 g/mol. The molecule has 0 aliphatic rings. The molecule has 0 unspecified atom stereocenters. The van der Waals surface area contributed by atoms with Crippen LogP contribution in [0.1, 0.15) is 13.8 Å². The van der Waals surface area contributed by atoms with Crippen molar-refractivity contribution in [3.05, 3.63) is 30.3 Å². The summed E-state index contributed by atoms with van der Waals surface area (Å²) in [5.41, 5.74) is 0. The van der Waals surface area contributed by atoms with Crippen molar-refractivity contribution < 1.29 is 9.57 Å². The minimum atomic E-state index is 0.534. The van der Waals surface area contributed by atoms with Crippen LogP contribution in [0.3, 0.4) is 0 Å². The molecule has 3 heteroatoms. The molecular weight excluding hydrogens is 166 g/mol. The first kappa shape index (κ1) is 9.58. The molecule has 0 atom stereocenters. The van der Waals surface area contributed by atoms with E-state index in [1.165, 1.54) is 0 Å². The van der Waals surface area contributed by atoms with E-state index in [-0.39, 0.29) is 0 Å². The fourth-order valence-electron chi connectivity index (χ4n) is 0.834. The number of hydrogen-bond acceptors (Lipinski definition) is 3. The predicted molar refractivity (Wildman–Crippen MR) is 51.8 cm³/mol. The number of para-hydroxylation sites is 1. The summed E-state index contributed by atoms with van der Waals surface area (Å²) in [6.45, 7) is 4.27. The topological polar surface area (TPSA) is 30.8 Å². The lowest BCUT2D eigenvalue weighted by Gasteiger charge is -2.01. The van der Waals surface area contributed by atoms with E-state index in [0.717, 1.165) is 0 Å². The Hall–Kier alpha value is -1.51. The smallest absolute Gasteiger partial charge is 0.223 e. The van der Waals surface area contributed by atoms with Crippen molar-refractivity contribution in [2.45, 2.75) is 13.8 Å². The lowest BCUT2D eigenvalue weighted by atomic mass is 10.3. The van der Waals surface area contributed by atoms with Gasteiger partial charge in [-0.3, -0.25) is 0 Å². The first-order valence-corrected chi connectivity index (χ1v) is 4.22. The molecule has 3 nitrogen and oxygen atoms in total. The maximum Gasteiger partial charge on any atom is 0.223 e. The van der Waals surface area contributed by atoms with Gasteiger partial charge in [0, 0.05) is 6.92 Å². The van der Waals surface area contributed by atoms with E-state index in [1.54, 1.807) is 6.92 Å². The summed E-state index contributed by atoms with van der Waals surface area (Å²) < 4.78 is 5.09. The summed E-state index contributed by atoms with van der Waals surface area (Å²) >= 11 is 0. The number of rotatable bonds is 3. The van der Waals surface area contributed by atoms with Gasteiger partial charge in [0.1, 0.15) is 0 Å². The van der Waals surface area contributed by atoms with Crippen LogP contribution in [0.2, 0.25) is 0 Å². The minimum Gasteiger partial charge on any atom is -0.479 e. The molecule has 0 saturated heterocycles. The summed E-state index contributed by atoms with van der Waals surface area (Å²) in [6.07, 6.45) is 0. The SMILES string of the molecule is CCOC(C)=NOc1ccccc1. The van der Waals surface area contributed by atoms with E-state index in [9.17, 15) is 0 Å². The number of oxime groups is 1. The normalized spacial score (nSPS) is 11.1. The van der Waals surface area contributed by atoms with Gasteiger partial charge in [-0.1, -0.05) is 18.2 Å². The monoisotopic (exact) mass is 179 g/mol. The van der Waals surface area contributed by atoms with Crippen LogP contribution in [-0.2, 0) is 4.74 Å². The molecule has 0 aliphatic carbocycles. The van der Waals surface area contributed by atoms with Gasteiger partial charge in [0.2, 0.25) is 5.90 Å². The molecule has 0 saturated carbocycles. The van der Waals surface area contributed by atoms with Gasteiger partial charge < -0.3 is 9.57 Å². The summed E-state index contributed by atoms with van der Waals surface area (Å²) in [6, 6.07) is 9.37. The molecule has 1 aromatic rings. The van der Waals surface area contributed by atoms with Crippen LogP contribution in [0.15, 0.2) is 35.5 Å². The van der Waals surface area contributed by atoms with E-state index < -0.39 is 0 Å². The summed E-state index contributed by atoms with van der Waals surface area (Å²) in [4.78, 5) is 5.08. The number of hydrogen-bond donors (Lipinski definition) is 0. The molecule has 70 valence electrons. The Bertz CT molecular complexity index is 270.